The highest BCUT2D eigenvalue weighted by Gasteiger charge is 2.30. The van der Waals surface area contributed by atoms with Gasteiger partial charge in [0.1, 0.15) is 11.6 Å². The Labute approximate surface area is 142 Å². The van der Waals surface area contributed by atoms with Gasteiger partial charge in [0.05, 0.1) is 11.2 Å². The van der Waals surface area contributed by atoms with Crippen LogP contribution in [0.3, 0.4) is 0 Å². The van der Waals surface area contributed by atoms with Crippen molar-refractivity contribution in [1.82, 2.24) is 5.16 Å². The molecule has 0 bridgehead atoms. The fourth-order valence-corrected chi connectivity index (χ4v) is 3.49. The number of nitrogens with one attached hydrogen (secondary N) is 1. The number of hydrogen-bond donors (Lipinski definition) is 2. The zero-order valence-corrected chi connectivity index (χ0v) is 14.1. The fourth-order valence-electron chi connectivity index (χ4n) is 2.51. The van der Waals surface area contributed by atoms with E-state index in [9.17, 15) is 9.18 Å². The first kappa shape index (κ1) is 16.5. The van der Waals surface area contributed by atoms with Gasteiger partial charge in [-0.3, -0.25) is 9.79 Å². The molecule has 0 fully saturated rings. The van der Waals surface area contributed by atoms with E-state index in [1.807, 2.05) is 6.92 Å². The molecule has 1 unspecified atom stereocenters. The average molecular weight is 348 g/mol. The molecule has 2 heterocycles. The molecule has 126 valence electrons. The van der Waals surface area contributed by atoms with Crippen LogP contribution in [0.1, 0.15) is 35.2 Å². The molecule has 1 aliphatic rings. The highest BCUT2D eigenvalue weighted by molar-refractivity contribution is 8.13. The van der Waals surface area contributed by atoms with Crippen molar-refractivity contribution in [3.63, 3.8) is 0 Å². The SMILES string of the molecule is Cc1cc(C(=O)Nc2cc(C3(C)CCSC(N)=N3)ccc2F)no1. The Balaban J connectivity index is 1.89. The van der Waals surface area contributed by atoms with Gasteiger partial charge in [-0.1, -0.05) is 23.0 Å². The summed E-state index contributed by atoms with van der Waals surface area (Å²) in [6, 6.07) is 6.06. The topological polar surface area (TPSA) is 93.5 Å². The third-order valence-corrected chi connectivity index (χ3v) is 4.69. The maximum atomic E-state index is 14.1. The minimum atomic E-state index is -0.535. The summed E-state index contributed by atoms with van der Waals surface area (Å²) < 4.78 is 19.0. The van der Waals surface area contributed by atoms with Crippen LogP contribution in [0.4, 0.5) is 10.1 Å². The normalized spacial score (nSPS) is 20.5. The maximum absolute atomic E-state index is 14.1. The van der Waals surface area contributed by atoms with E-state index < -0.39 is 17.3 Å². The van der Waals surface area contributed by atoms with E-state index in [1.54, 1.807) is 19.1 Å². The minimum Gasteiger partial charge on any atom is -0.379 e. The Morgan fingerprint density at radius 2 is 2.25 bits per heavy atom. The number of aliphatic imine (C=N–C) groups is 1. The molecule has 0 aliphatic carbocycles. The number of carbonyl (C=O) groups is 1. The van der Waals surface area contributed by atoms with Crippen LogP contribution in [0.2, 0.25) is 0 Å². The molecule has 1 amide bonds. The minimum absolute atomic E-state index is 0.0753. The smallest absolute Gasteiger partial charge is 0.277 e. The third-order valence-electron chi connectivity index (χ3n) is 3.89. The number of aromatic nitrogens is 1. The highest BCUT2D eigenvalue weighted by atomic mass is 32.2. The summed E-state index contributed by atoms with van der Waals surface area (Å²) in [6.07, 6.45) is 0.778. The molecule has 6 nitrogen and oxygen atoms in total. The number of anilines is 1. The number of hydrogen-bond acceptors (Lipinski definition) is 6. The molecule has 3 rings (SSSR count). The summed E-state index contributed by atoms with van der Waals surface area (Å²) in [5.41, 5.74) is 6.25. The molecule has 24 heavy (non-hydrogen) atoms. The number of amides is 1. The van der Waals surface area contributed by atoms with Gasteiger partial charge < -0.3 is 15.6 Å². The molecule has 0 saturated heterocycles. The van der Waals surface area contributed by atoms with Crippen LogP contribution in [0.5, 0.6) is 0 Å². The number of amidine groups is 1. The number of thioether (sulfide) groups is 1. The Kier molecular flexibility index (Phi) is 4.31. The number of carbonyl (C=O) groups excluding carboxylic acids is 1. The molecule has 3 N–H and O–H groups in total. The number of benzene rings is 1. The molecular weight excluding hydrogens is 331 g/mol. The van der Waals surface area contributed by atoms with Gasteiger partial charge in [0.2, 0.25) is 0 Å². The van der Waals surface area contributed by atoms with Crippen LogP contribution in [-0.4, -0.2) is 22.0 Å². The van der Waals surface area contributed by atoms with Gasteiger partial charge in [-0.2, -0.15) is 0 Å². The summed E-state index contributed by atoms with van der Waals surface area (Å²) in [5, 5.41) is 6.66. The number of aryl methyl sites for hydroxylation is 1. The van der Waals surface area contributed by atoms with Crippen molar-refractivity contribution in [2.24, 2.45) is 10.7 Å². The van der Waals surface area contributed by atoms with Gasteiger partial charge >= 0.3 is 0 Å². The monoisotopic (exact) mass is 348 g/mol. The number of nitrogens with zero attached hydrogens (tertiary/aromatic N) is 2. The van der Waals surface area contributed by atoms with Crippen molar-refractivity contribution < 1.29 is 13.7 Å². The number of halogens is 1. The second-order valence-electron chi connectivity index (χ2n) is 5.79. The Bertz CT molecular complexity index is 820. The summed E-state index contributed by atoms with van der Waals surface area (Å²) in [5.74, 6) is 0.281. The van der Waals surface area contributed by atoms with E-state index in [4.69, 9.17) is 10.3 Å². The highest BCUT2D eigenvalue weighted by Crippen LogP contribution is 2.36. The van der Waals surface area contributed by atoms with Crippen molar-refractivity contribution >= 4 is 28.5 Å². The second kappa shape index (κ2) is 6.27. The molecule has 0 saturated carbocycles. The van der Waals surface area contributed by atoms with Gasteiger partial charge in [0.25, 0.3) is 5.91 Å². The predicted octanol–water partition coefficient (Wildman–Crippen LogP) is 3.04. The molecular formula is C16H17FN4O2S. The van der Waals surface area contributed by atoms with Gasteiger partial charge in [0.15, 0.2) is 10.9 Å². The van der Waals surface area contributed by atoms with Crippen molar-refractivity contribution in [3.05, 3.63) is 47.1 Å². The van der Waals surface area contributed by atoms with Crippen molar-refractivity contribution in [2.45, 2.75) is 25.8 Å². The molecule has 0 spiro atoms. The van der Waals surface area contributed by atoms with Crippen LogP contribution in [0, 0.1) is 12.7 Å². The molecule has 1 atom stereocenters. The van der Waals surface area contributed by atoms with Gasteiger partial charge in [-0.15, -0.1) is 0 Å². The van der Waals surface area contributed by atoms with Crippen LogP contribution >= 0.6 is 11.8 Å². The zero-order valence-electron chi connectivity index (χ0n) is 13.3. The van der Waals surface area contributed by atoms with Crippen molar-refractivity contribution in [3.8, 4) is 0 Å². The van der Waals surface area contributed by atoms with Gasteiger partial charge in [0, 0.05) is 11.8 Å². The molecule has 8 heteroatoms. The standard InChI is InChI=1S/C16H17FN4O2S/c1-9-7-13(21-23-9)14(22)19-12-8-10(3-4-11(12)17)16(2)5-6-24-15(18)20-16/h3-4,7-8H,5-6H2,1-2H3,(H2,18,20)(H,19,22). The molecule has 1 aliphatic heterocycles. The largest absolute Gasteiger partial charge is 0.379 e. The lowest BCUT2D eigenvalue weighted by Gasteiger charge is -2.30. The van der Waals surface area contributed by atoms with E-state index in [-0.39, 0.29) is 11.4 Å². The third kappa shape index (κ3) is 3.28. The first-order valence-corrected chi connectivity index (χ1v) is 8.39. The Hall–Kier alpha value is -2.35. The quantitative estimate of drug-likeness (QED) is 0.889. The molecule has 0 radical (unpaired) electrons. The lowest BCUT2D eigenvalue weighted by molar-refractivity contribution is 0.101. The number of rotatable bonds is 3. The van der Waals surface area contributed by atoms with Crippen molar-refractivity contribution in [1.29, 1.82) is 0 Å². The van der Waals surface area contributed by atoms with E-state index in [1.165, 1.54) is 23.9 Å². The first-order chi connectivity index (χ1) is 11.4. The summed E-state index contributed by atoms with van der Waals surface area (Å²) in [7, 11) is 0. The van der Waals surface area contributed by atoms with Crippen LogP contribution in [0.15, 0.2) is 33.8 Å². The zero-order chi connectivity index (χ0) is 17.3. The fraction of sp³-hybridized carbons (Fsp3) is 0.312. The molecule has 2 aromatic rings. The lowest BCUT2D eigenvalue weighted by atomic mass is 9.89. The number of nitrogens with two attached hydrogens (primary N) is 1. The van der Waals surface area contributed by atoms with Crippen LogP contribution in [0.25, 0.3) is 0 Å². The summed E-state index contributed by atoms with van der Waals surface area (Å²) in [6.45, 7) is 3.62. The molecule has 1 aromatic heterocycles. The van der Waals surface area contributed by atoms with Crippen LogP contribution in [-0.2, 0) is 5.54 Å². The van der Waals surface area contributed by atoms with E-state index in [0.29, 0.717) is 10.9 Å². The van der Waals surface area contributed by atoms with Crippen molar-refractivity contribution in [2.75, 3.05) is 11.1 Å². The Morgan fingerprint density at radius 3 is 2.92 bits per heavy atom. The van der Waals surface area contributed by atoms with E-state index in [0.717, 1.165) is 17.7 Å². The first-order valence-electron chi connectivity index (χ1n) is 7.40. The summed E-state index contributed by atoms with van der Waals surface area (Å²) >= 11 is 1.50. The second-order valence-corrected chi connectivity index (χ2v) is 6.91. The molecule has 1 aromatic carbocycles. The maximum Gasteiger partial charge on any atom is 0.277 e. The lowest BCUT2D eigenvalue weighted by Crippen LogP contribution is -2.29. The summed E-state index contributed by atoms with van der Waals surface area (Å²) in [4.78, 5) is 16.6. The van der Waals surface area contributed by atoms with E-state index >= 15 is 0 Å². The predicted molar refractivity (Wildman–Crippen MR) is 91.6 cm³/mol. The van der Waals surface area contributed by atoms with E-state index in [2.05, 4.69) is 15.5 Å². The van der Waals surface area contributed by atoms with Crippen LogP contribution < -0.4 is 11.1 Å². The van der Waals surface area contributed by atoms with Gasteiger partial charge in [-0.25, -0.2) is 4.39 Å². The average Bonchev–Trinajstić information content (AvgIpc) is 2.96. The Morgan fingerprint density at radius 1 is 1.46 bits per heavy atom. The van der Waals surface area contributed by atoms with Gasteiger partial charge in [-0.05, 0) is 38.0 Å².